The normalized spacial score (nSPS) is 16.9. The molecule has 1 saturated carbocycles. The van der Waals surface area contributed by atoms with E-state index in [0.717, 1.165) is 47.1 Å². The van der Waals surface area contributed by atoms with Crippen molar-refractivity contribution in [3.8, 4) is 11.5 Å². The molecule has 0 bridgehead atoms. The molecule has 5 heteroatoms. The van der Waals surface area contributed by atoms with Gasteiger partial charge in [-0.25, -0.2) is 0 Å². The molecule has 3 aromatic carbocycles. The summed E-state index contributed by atoms with van der Waals surface area (Å²) in [4.78, 5) is 13.9. The largest absolute Gasteiger partial charge is 0.457 e. The van der Waals surface area contributed by atoms with E-state index in [1.807, 2.05) is 36.4 Å². The number of nitrogens with one attached hydrogen (secondary N) is 1. The van der Waals surface area contributed by atoms with Crippen molar-refractivity contribution in [2.24, 2.45) is 17.3 Å². The Morgan fingerprint density at radius 1 is 0.854 bits per heavy atom. The van der Waals surface area contributed by atoms with Crippen LogP contribution in [-0.4, -0.2) is 21.1 Å². The minimum absolute atomic E-state index is 0.0308. The van der Waals surface area contributed by atoms with E-state index in [2.05, 4.69) is 90.3 Å². The summed E-state index contributed by atoms with van der Waals surface area (Å²) < 4.78 is 12.9. The minimum Gasteiger partial charge on any atom is -0.457 e. The number of para-hydroxylation sites is 2. The van der Waals surface area contributed by atoms with E-state index in [1.54, 1.807) is 0 Å². The lowest BCUT2D eigenvalue weighted by Crippen LogP contribution is -2.32. The number of hydrogen-bond acceptors (Lipinski definition) is 3. The van der Waals surface area contributed by atoms with E-state index in [0.29, 0.717) is 18.4 Å². The molecule has 259 valence electrons. The summed E-state index contributed by atoms with van der Waals surface area (Å²) in [6, 6.07) is 23.0. The zero-order valence-electron chi connectivity index (χ0n) is 31.0. The zero-order chi connectivity index (χ0) is 34.5. The molecule has 1 amide bonds. The van der Waals surface area contributed by atoms with Gasteiger partial charge in [0.25, 0.3) is 0 Å². The maximum atomic E-state index is 13.9. The smallest absolute Gasteiger partial charge is 0.225 e. The van der Waals surface area contributed by atoms with Gasteiger partial charge in [0.1, 0.15) is 11.5 Å². The van der Waals surface area contributed by atoms with Gasteiger partial charge in [-0.05, 0) is 104 Å². The lowest BCUT2D eigenvalue weighted by molar-refractivity contribution is -0.116. The van der Waals surface area contributed by atoms with Crippen molar-refractivity contribution in [2.75, 3.05) is 5.32 Å². The SMILES string of the molecule is C[Si](C)OC(CCC(CCc1ccc(C(C)(C)C)c(NC(=O)CC2c3ccccc3Oc3ccccc32)c1)C(C)(C)C)C1CCCCC1. The first-order valence-corrected chi connectivity index (χ1v) is 21.0. The first kappa shape index (κ1) is 36.4. The predicted octanol–water partition coefficient (Wildman–Crippen LogP) is 11.8. The molecule has 5 rings (SSSR count). The van der Waals surface area contributed by atoms with Crippen LogP contribution in [0.2, 0.25) is 13.1 Å². The fraction of sp³-hybridized carbons (Fsp3) is 0.558. The number of anilines is 1. The molecule has 1 radical (unpaired) electrons. The average molecular weight is 667 g/mol. The van der Waals surface area contributed by atoms with Gasteiger partial charge in [0.05, 0.1) is 0 Å². The fourth-order valence-electron chi connectivity index (χ4n) is 8.04. The first-order valence-electron chi connectivity index (χ1n) is 18.6. The van der Waals surface area contributed by atoms with Crippen molar-refractivity contribution in [1.29, 1.82) is 0 Å². The standard InChI is InChI=1S/C43H60NO3Si/c1-42(2,3)32(25-27-38(47-48(7)8)31-16-10-9-11-17-31)24-22-30-23-26-36(43(4,5)6)37(28-30)44-41(45)29-35-33-18-12-14-20-39(33)46-40-21-15-13-19-34(35)40/h12-15,18-21,23,26,28,31-32,35,38H,9-11,16-17,22,24-25,27,29H2,1-8H3,(H,44,45). The highest BCUT2D eigenvalue weighted by molar-refractivity contribution is 6.48. The molecular formula is C43H60NO3Si. The van der Waals surface area contributed by atoms with E-state index >= 15 is 0 Å². The number of ether oxygens (including phenoxy) is 1. The maximum absolute atomic E-state index is 13.9. The van der Waals surface area contributed by atoms with Crippen molar-refractivity contribution in [3.63, 3.8) is 0 Å². The minimum atomic E-state index is -0.728. The molecule has 1 N–H and O–H groups in total. The molecule has 0 aromatic heterocycles. The number of aryl methyl sites for hydroxylation is 1. The van der Waals surface area contributed by atoms with Gasteiger partial charge in [-0.3, -0.25) is 4.79 Å². The molecule has 0 saturated heterocycles. The monoisotopic (exact) mass is 666 g/mol. The quantitative estimate of drug-likeness (QED) is 0.196. The molecule has 1 heterocycles. The highest BCUT2D eigenvalue weighted by Crippen LogP contribution is 2.46. The summed E-state index contributed by atoms with van der Waals surface area (Å²) in [6.07, 6.45) is 12.1. The van der Waals surface area contributed by atoms with Crippen molar-refractivity contribution >= 4 is 20.6 Å². The third-order valence-corrected chi connectivity index (χ3v) is 11.5. The zero-order valence-corrected chi connectivity index (χ0v) is 32.0. The van der Waals surface area contributed by atoms with Crippen molar-refractivity contribution in [1.82, 2.24) is 0 Å². The molecule has 3 aromatic rings. The molecule has 2 aliphatic rings. The van der Waals surface area contributed by atoms with E-state index < -0.39 is 9.04 Å². The van der Waals surface area contributed by atoms with Crippen LogP contribution in [0, 0.1) is 17.3 Å². The van der Waals surface area contributed by atoms with Gasteiger partial charge in [-0.2, -0.15) is 0 Å². The van der Waals surface area contributed by atoms with Crippen LogP contribution in [0.25, 0.3) is 0 Å². The highest BCUT2D eigenvalue weighted by Gasteiger charge is 2.31. The Hall–Kier alpha value is -2.89. The van der Waals surface area contributed by atoms with Crippen LogP contribution in [-0.2, 0) is 21.1 Å². The topological polar surface area (TPSA) is 47.6 Å². The van der Waals surface area contributed by atoms with Crippen molar-refractivity contribution < 1.29 is 14.0 Å². The molecule has 1 fully saturated rings. The van der Waals surface area contributed by atoms with Gasteiger partial charge in [0.2, 0.25) is 14.9 Å². The summed E-state index contributed by atoms with van der Waals surface area (Å²) in [7, 11) is -0.728. The van der Waals surface area contributed by atoms with Gasteiger partial charge < -0.3 is 14.5 Å². The van der Waals surface area contributed by atoms with Crippen LogP contribution in [0.1, 0.15) is 128 Å². The van der Waals surface area contributed by atoms with Gasteiger partial charge >= 0.3 is 0 Å². The van der Waals surface area contributed by atoms with Crippen LogP contribution in [0.15, 0.2) is 66.7 Å². The Labute approximate surface area is 293 Å². The predicted molar refractivity (Wildman–Crippen MR) is 203 cm³/mol. The van der Waals surface area contributed by atoms with Gasteiger partial charge in [-0.15, -0.1) is 0 Å². The maximum Gasteiger partial charge on any atom is 0.225 e. The van der Waals surface area contributed by atoms with E-state index in [1.165, 1.54) is 56.1 Å². The fourth-order valence-corrected chi connectivity index (χ4v) is 8.95. The van der Waals surface area contributed by atoms with E-state index in [9.17, 15) is 4.79 Å². The second-order valence-electron chi connectivity index (χ2n) is 16.8. The van der Waals surface area contributed by atoms with Gasteiger partial charge in [0, 0.05) is 35.3 Å². The second kappa shape index (κ2) is 15.8. The summed E-state index contributed by atoms with van der Waals surface area (Å²) >= 11 is 0. The van der Waals surface area contributed by atoms with Crippen molar-refractivity contribution in [3.05, 3.63) is 89.0 Å². The van der Waals surface area contributed by atoms with Crippen molar-refractivity contribution in [2.45, 2.75) is 136 Å². The molecule has 2 atom stereocenters. The third-order valence-electron chi connectivity index (χ3n) is 10.7. The average Bonchev–Trinajstić information content (AvgIpc) is 3.03. The van der Waals surface area contributed by atoms with Crippen LogP contribution in [0.5, 0.6) is 11.5 Å². The lowest BCUT2D eigenvalue weighted by atomic mass is 9.73. The number of rotatable bonds is 12. The van der Waals surface area contributed by atoms with Crippen LogP contribution >= 0.6 is 0 Å². The molecule has 48 heavy (non-hydrogen) atoms. The first-order chi connectivity index (χ1) is 22.8. The summed E-state index contributed by atoms with van der Waals surface area (Å²) in [5.41, 5.74) is 5.66. The molecular weight excluding hydrogens is 607 g/mol. The van der Waals surface area contributed by atoms with Crippen LogP contribution in [0.4, 0.5) is 5.69 Å². The Balaban J connectivity index is 1.30. The van der Waals surface area contributed by atoms with Gasteiger partial charge in [-0.1, -0.05) is 109 Å². The molecule has 1 aliphatic carbocycles. The third kappa shape index (κ3) is 9.41. The number of fused-ring (bicyclic) bond motifs is 2. The van der Waals surface area contributed by atoms with Gasteiger partial charge in [0.15, 0.2) is 0 Å². The Kier molecular flexibility index (Phi) is 12.0. The van der Waals surface area contributed by atoms with Crippen LogP contribution in [0.3, 0.4) is 0 Å². The lowest BCUT2D eigenvalue weighted by Gasteiger charge is -2.36. The van der Waals surface area contributed by atoms with Crippen LogP contribution < -0.4 is 10.1 Å². The molecule has 4 nitrogen and oxygen atoms in total. The van der Waals surface area contributed by atoms with E-state index in [4.69, 9.17) is 9.16 Å². The Morgan fingerprint density at radius 2 is 1.48 bits per heavy atom. The number of benzene rings is 3. The highest BCUT2D eigenvalue weighted by atomic mass is 28.3. The Morgan fingerprint density at radius 3 is 2.06 bits per heavy atom. The number of hydrogen-bond donors (Lipinski definition) is 1. The Bertz CT molecular complexity index is 1470. The molecule has 2 unspecified atom stereocenters. The molecule has 0 spiro atoms. The number of carbonyl (C=O) groups is 1. The molecule has 1 aliphatic heterocycles. The number of amides is 1. The number of carbonyl (C=O) groups excluding carboxylic acids is 1. The summed E-state index contributed by atoms with van der Waals surface area (Å²) in [5, 5.41) is 3.39. The second-order valence-corrected chi connectivity index (χ2v) is 18.8. The summed E-state index contributed by atoms with van der Waals surface area (Å²) in [5.74, 6) is 2.98. The van der Waals surface area contributed by atoms with E-state index in [-0.39, 0.29) is 22.7 Å². The summed E-state index contributed by atoms with van der Waals surface area (Å²) in [6.45, 7) is 18.5.